The highest BCUT2D eigenvalue weighted by Gasteiger charge is 2.43. The van der Waals surface area contributed by atoms with Crippen LogP contribution in [0.25, 0.3) is 0 Å². The molecule has 2 heterocycles. The third kappa shape index (κ3) is 5.28. The quantitative estimate of drug-likeness (QED) is 0.223. The number of aromatic nitrogens is 2. The van der Waals surface area contributed by atoms with Crippen LogP contribution in [0.3, 0.4) is 0 Å². The monoisotopic (exact) mass is 523 g/mol. The first kappa shape index (κ1) is 22.9. The summed E-state index contributed by atoms with van der Waals surface area (Å²) in [6, 6.07) is 8.69. The summed E-state index contributed by atoms with van der Waals surface area (Å²) in [6.45, 7) is 5.82. The molecule has 1 aliphatic heterocycles. The smallest absolute Gasteiger partial charge is 0.191 e. The summed E-state index contributed by atoms with van der Waals surface area (Å²) >= 11 is 0. The van der Waals surface area contributed by atoms with Crippen LogP contribution in [-0.4, -0.2) is 34.8 Å². The zero-order valence-electron chi connectivity index (χ0n) is 18.0. The molecule has 0 saturated heterocycles. The number of aromatic amines is 1. The molecule has 30 heavy (non-hydrogen) atoms. The lowest BCUT2D eigenvalue weighted by atomic mass is 9.86. The minimum absolute atomic E-state index is 0. The number of para-hydroxylation sites is 1. The van der Waals surface area contributed by atoms with Gasteiger partial charge in [0.05, 0.1) is 12.2 Å². The molecule has 0 bridgehead atoms. The molecule has 1 aliphatic carbocycles. The van der Waals surface area contributed by atoms with E-state index in [4.69, 9.17) is 9.73 Å². The van der Waals surface area contributed by atoms with Crippen LogP contribution in [0, 0.1) is 6.92 Å². The molecule has 1 spiro atoms. The molecule has 1 saturated carbocycles. The Hall–Kier alpha value is -1.77. The average molecular weight is 523 g/mol. The fourth-order valence-electron chi connectivity index (χ4n) is 4.65. The van der Waals surface area contributed by atoms with Crippen molar-refractivity contribution in [2.24, 2.45) is 4.99 Å². The number of H-pyrrole nitrogens is 1. The van der Waals surface area contributed by atoms with Crippen molar-refractivity contribution in [1.29, 1.82) is 0 Å². The minimum atomic E-state index is -0.0118. The van der Waals surface area contributed by atoms with Crippen molar-refractivity contribution in [3.05, 3.63) is 47.3 Å². The molecule has 1 aromatic heterocycles. The summed E-state index contributed by atoms with van der Waals surface area (Å²) in [5.41, 5.74) is 3.66. The second kappa shape index (κ2) is 10.5. The third-order valence-electron chi connectivity index (χ3n) is 6.18. The van der Waals surface area contributed by atoms with Gasteiger partial charge in [0.15, 0.2) is 5.96 Å². The number of ether oxygens (including phenoxy) is 1. The standard InChI is InChI=1S/C23H33N5O.HI/c1-3-24-22(25-14-8-9-18-16-26-28-17(18)2)27-20-15-23(12-6-7-13-23)29-21-11-5-4-10-19(20)21;/h4-5,10-11,16,20H,3,6-9,12-15H2,1-2H3,(H,26,28)(H2,24,25,27);1H. The third-order valence-corrected chi connectivity index (χ3v) is 6.18. The predicted octanol–water partition coefficient (Wildman–Crippen LogP) is 4.66. The number of nitrogens with zero attached hydrogens (tertiary/aromatic N) is 2. The molecule has 1 atom stereocenters. The summed E-state index contributed by atoms with van der Waals surface area (Å²) in [7, 11) is 0. The summed E-state index contributed by atoms with van der Waals surface area (Å²) in [5.74, 6) is 1.93. The number of fused-ring (bicyclic) bond motifs is 1. The second-order valence-corrected chi connectivity index (χ2v) is 8.32. The maximum absolute atomic E-state index is 6.49. The van der Waals surface area contributed by atoms with E-state index in [1.54, 1.807) is 0 Å². The van der Waals surface area contributed by atoms with Gasteiger partial charge in [-0.05, 0) is 64.0 Å². The number of hydrogen-bond donors (Lipinski definition) is 3. The minimum Gasteiger partial charge on any atom is -0.487 e. The molecule has 7 heteroatoms. The molecule has 0 amide bonds. The Balaban J connectivity index is 0.00000256. The molecule has 2 aliphatic rings. The fraction of sp³-hybridized carbons (Fsp3) is 0.565. The van der Waals surface area contributed by atoms with Gasteiger partial charge in [0.25, 0.3) is 0 Å². The van der Waals surface area contributed by atoms with Crippen LogP contribution in [0.2, 0.25) is 0 Å². The maximum Gasteiger partial charge on any atom is 0.191 e. The van der Waals surface area contributed by atoms with Crippen molar-refractivity contribution in [3.8, 4) is 5.75 Å². The highest BCUT2D eigenvalue weighted by atomic mass is 127. The van der Waals surface area contributed by atoms with Crippen molar-refractivity contribution in [2.45, 2.75) is 70.4 Å². The van der Waals surface area contributed by atoms with Crippen LogP contribution in [0.15, 0.2) is 35.5 Å². The number of benzene rings is 1. The van der Waals surface area contributed by atoms with E-state index in [2.05, 4.69) is 58.9 Å². The molecular weight excluding hydrogens is 489 g/mol. The highest BCUT2D eigenvalue weighted by molar-refractivity contribution is 14.0. The molecule has 2 aromatic rings. The predicted molar refractivity (Wildman–Crippen MR) is 132 cm³/mol. The molecular formula is C23H34IN5O. The number of guanidine groups is 1. The highest BCUT2D eigenvalue weighted by Crippen LogP contribution is 2.46. The lowest BCUT2D eigenvalue weighted by molar-refractivity contribution is 0.0396. The van der Waals surface area contributed by atoms with Crippen LogP contribution in [0.5, 0.6) is 5.75 Å². The van der Waals surface area contributed by atoms with Crippen LogP contribution >= 0.6 is 24.0 Å². The lowest BCUT2D eigenvalue weighted by Crippen LogP contribution is -2.46. The molecule has 6 nitrogen and oxygen atoms in total. The number of halogens is 1. The van der Waals surface area contributed by atoms with E-state index in [0.29, 0.717) is 0 Å². The van der Waals surface area contributed by atoms with Crippen LogP contribution in [-0.2, 0) is 6.42 Å². The van der Waals surface area contributed by atoms with Crippen molar-refractivity contribution in [3.63, 3.8) is 0 Å². The topological polar surface area (TPSA) is 74.3 Å². The van der Waals surface area contributed by atoms with E-state index in [1.807, 2.05) is 6.20 Å². The summed E-state index contributed by atoms with van der Waals surface area (Å²) in [5, 5.41) is 14.2. The number of nitrogens with one attached hydrogen (secondary N) is 3. The first-order chi connectivity index (χ1) is 14.2. The van der Waals surface area contributed by atoms with Gasteiger partial charge in [-0.3, -0.25) is 10.1 Å². The Morgan fingerprint density at radius 2 is 2.10 bits per heavy atom. The Kier molecular flexibility index (Phi) is 8.02. The molecule has 3 N–H and O–H groups in total. The number of aliphatic imine (C=N–C) groups is 1. The maximum atomic E-state index is 6.49. The van der Waals surface area contributed by atoms with Crippen LogP contribution in [0.1, 0.15) is 68.3 Å². The van der Waals surface area contributed by atoms with E-state index in [1.165, 1.54) is 24.0 Å². The van der Waals surface area contributed by atoms with Crippen LogP contribution in [0.4, 0.5) is 0 Å². The lowest BCUT2D eigenvalue weighted by Gasteiger charge is -2.40. The molecule has 1 unspecified atom stereocenters. The molecule has 164 valence electrons. The normalized spacial score (nSPS) is 19.7. The Bertz CT molecular complexity index is 844. The summed E-state index contributed by atoms with van der Waals surface area (Å²) < 4.78 is 6.49. The Labute approximate surface area is 196 Å². The van der Waals surface area contributed by atoms with Gasteiger partial charge in [0.1, 0.15) is 11.4 Å². The van der Waals surface area contributed by atoms with E-state index in [-0.39, 0.29) is 35.6 Å². The Morgan fingerprint density at radius 3 is 2.83 bits per heavy atom. The van der Waals surface area contributed by atoms with E-state index in [9.17, 15) is 0 Å². The summed E-state index contributed by atoms with van der Waals surface area (Å²) in [4.78, 5) is 4.85. The Morgan fingerprint density at radius 1 is 1.30 bits per heavy atom. The average Bonchev–Trinajstić information content (AvgIpc) is 3.34. The van der Waals surface area contributed by atoms with Gasteiger partial charge in [-0.25, -0.2) is 0 Å². The SMILES string of the molecule is CCNC(=NCCCc1cn[nH]c1C)NC1CC2(CCCC2)Oc2ccccc21.I. The number of aryl methyl sites for hydroxylation is 2. The van der Waals surface area contributed by atoms with Crippen LogP contribution < -0.4 is 15.4 Å². The van der Waals surface area contributed by atoms with Crippen molar-refractivity contribution < 1.29 is 4.74 Å². The first-order valence-corrected chi connectivity index (χ1v) is 11.0. The second-order valence-electron chi connectivity index (χ2n) is 8.32. The van der Waals surface area contributed by atoms with Gasteiger partial charge in [-0.1, -0.05) is 18.2 Å². The van der Waals surface area contributed by atoms with E-state index >= 15 is 0 Å². The molecule has 1 aromatic carbocycles. The van der Waals surface area contributed by atoms with E-state index < -0.39 is 0 Å². The van der Waals surface area contributed by atoms with E-state index in [0.717, 1.165) is 62.6 Å². The first-order valence-electron chi connectivity index (χ1n) is 11.0. The van der Waals surface area contributed by atoms with Gasteiger partial charge in [0.2, 0.25) is 0 Å². The van der Waals surface area contributed by atoms with Gasteiger partial charge in [0, 0.05) is 30.8 Å². The fourth-order valence-corrected chi connectivity index (χ4v) is 4.65. The summed E-state index contributed by atoms with van der Waals surface area (Å²) in [6.07, 6.45) is 9.74. The molecule has 4 rings (SSSR count). The van der Waals surface area contributed by atoms with Crippen molar-refractivity contribution >= 4 is 29.9 Å². The molecule has 0 radical (unpaired) electrons. The largest absolute Gasteiger partial charge is 0.487 e. The zero-order chi connectivity index (χ0) is 20.1. The molecule has 1 fully saturated rings. The van der Waals surface area contributed by atoms with Crippen molar-refractivity contribution in [1.82, 2.24) is 20.8 Å². The van der Waals surface area contributed by atoms with Gasteiger partial charge in [-0.15, -0.1) is 24.0 Å². The van der Waals surface area contributed by atoms with Gasteiger partial charge in [-0.2, -0.15) is 5.10 Å². The van der Waals surface area contributed by atoms with Crippen molar-refractivity contribution in [2.75, 3.05) is 13.1 Å². The number of hydrogen-bond acceptors (Lipinski definition) is 3. The van der Waals surface area contributed by atoms with Gasteiger partial charge < -0.3 is 15.4 Å². The van der Waals surface area contributed by atoms with Gasteiger partial charge >= 0.3 is 0 Å². The zero-order valence-corrected chi connectivity index (χ0v) is 20.4. The number of rotatable bonds is 6.